The van der Waals surface area contributed by atoms with E-state index in [1.54, 1.807) is 0 Å². The Balaban J connectivity index is 0.00000108. The molecule has 1 aliphatic carbocycles. The maximum atomic E-state index is 2.49. The van der Waals surface area contributed by atoms with E-state index in [1.165, 1.54) is 57.4 Å². The molecule has 1 aliphatic heterocycles. The SMILES string of the molecule is [Cl-].c1c[n+](CC2CCC2)ccc1N1CCCC1. The standard InChI is InChI=1S/C14H21N2.ClH/c1-2-9-16(8-1)14-6-10-15(11-7-14)12-13-4-3-5-13;/h6-7,10-11,13H,1-5,8-9,12H2;1H/q+1;/p-1. The molecule has 3 heteroatoms. The second kappa shape index (κ2) is 5.72. The number of hydrogen-bond donors (Lipinski definition) is 0. The smallest absolute Gasteiger partial charge is 0.170 e. The van der Waals surface area contributed by atoms with Gasteiger partial charge in [-0.05, 0) is 25.7 Å². The number of hydrogen-bond acceptors (Lipinski definition) is 1. The Morgan fingerprint density at radius 3 is 2.24 bits per heavy atom. The lowest BCUT2D eigenvalue weighted by Crippen LogP contribution is -3.00. The van der Waals surface area contributed by atoms with Gasteiger partial charge in [-0.1, -0.05) is 6.42 Å². The second-order valence-electron chi connectivity index (χ2n) is 5.24. The van der Waals surface area contributed by atoms with Gasteiger partial charge in [0.2, 0.25) is 0 Å². The van der Waals surface area contributed by atoms with E-state index >= 15 is 0 Å². The zero-order chi connectivity index (χ0) is 10.8. The van der Waals surface area contributed by atoms with Crippen LogP contribution in [0.15, 0.2) is 24.5 Å². The fourth-order valence-electron chi connectivity index (χ4n) is 2.73. The highest BCUT2D eigenvalue weighted by atomic mass is 35.5. The van der Waals surface area contributed by atoms with Crippen LogP contribution in [0.3, 0.4) is 0 Å². The van der Waals surface area contributed by atoms with E-state index in [-0.39, 0.29) is 12.4 Å². The van der Waals surface area contributed by atoms with Crippen molar-refractivity contribution in [2.24, 2.45) is 5.92 Å². The minimum absolute atomic E-state index is 0. The number of halogens is 1. The van der Waals surface area contributed by atoms with E-state index in [1.807, 2.05) is 0 Å². The van der Waals surface area contributed by atoms with Crippen LogP contribution < -0.4 is 21.9 Å². The molecule has 0 amide bonds. The molecule has 2 nitrogen and oxygen atoms in total. The molecule has 0 N–H and O–H groups in total. The number of anilines is 1. The average Bonchev–Trinajstić information content (AvgIpc) is 2.78. The Morgan fingerprint density at radius 2 is 1.71 bits per heavy atom. The van der Waals surface area contributed by atoms with Gasteiger partial charge in [0.15, 0.2) is 18.9 Å². The van der Waals surface area contributed by atoms with Gasteiger partial charge in [0.05, 0.1) is 0 Å². The van der Waals surface area contributed by atoms with E-state index < -0.39 is 0 Å². The third kappa shape index (κ3) is 2.92. The lowest BCUT2D eigenvalue weighted by molar-refractivity contribution is -0.704. The predicted octanol–water partition coefficient (Wildman–Crippen LogP) is -0.622. The first-order valence-electron chi connectivity index (χ1n) is 6.66. The molecule has 3 rings (SSSR count). The Bertz CT molecular complexity index is 340. The number of pyridine rings is 1. The van der Waals surface area contributed by atoms with Gasteiger partial charge in [-0.2, -0.15) is 0 Å². The summed E-state index contributed by atoms with van der Waals surface area (Å²) in [5.74, 6) is 0.947. The second-order valence-corrected chi connectivity index (χ2v) is 5.24. The average molecular weight is 253 g/mol. The minimum atomic E-state index is 0. The molecule has 0 aromatic carbocycles. The molecule has 1 saturated carbocycles. The molecule has 0 radical (unpaired) electrons. The Morgan fingerprint density at radius 1 is 1.06 bits per heavy atom. The summed E-state index contributed by atoms with van der Waals surface area (Å²) in [6, 6.07) is 4.56. The highest BCUT2D eigenvalue weighted by Crippen LogP contribution is 2.26. The van der Waals surface area contributed by atoms with Crippen molar-refractivity contribution in [3.63, 3.8) is 0 Å². The summed E-state index contributed by atoms with van der Waals surface area (Å²) in [6.07, 6.45) is 11.5. The molecule has 0 atom stereocenters. The van der Waals surface area contributed by atoms with Crippen molar-refractivity contribution in [3.8, 4) is 0 Å². The van der Waals surface area contributed by atoms with Crippen LogP contribution in [0, 0.1) is 5.92 Å². The van der Waals surface area contributed by atoms with Gasteiger partial charge in [0.1, 0.15) is 0 Å². The van der Waals surface area contributed by atoms with Crippen molar-refractivity contribution in [1.82, 2.24) is 0 Å². The summed E-state index contributed by atoms with van der Waals surface area (Å²) in [5, 5.41) is 0. The van der Waals surface area contributed by atoms with Gasteiger partial charge in [-0.3, -0.25) is 0 Å². The van der Waals surface area contributed by atoms with Gasteiger partial charge in [0, 0.05) is 36.8 Å². The van der Waals surface area contributed by atoms with Gasteiger partial charge in [-0.15, -0.1) is 0 Å². The van der Waals surface area contributed by atoms with Gasteiger partial charge >= 0.3 is 0 Å². The van der Waals surface area contributed by atoms with Crippen molar-refractivity contribution < 1.29 is 17.0 Å². The first kappa shape index (κ1) is 12.7. The van der Waals surface area contributed by atoms with E-state index in [0.29, 0.717) is 0 Å². The van der Waals surface area contributed by atoms with Crippen LogP contribution in [-0.4, -0.2) is 13.1 Å². The third-order valence-corrected chi connectivity index (χ3v) is 4.04. The first-order valence-corrected chi connectivity index (χ1v) is 6.66. The molecular weight excluding hydrogens is 232 g/mol. The first-order chi connectivity index (χ1) is 7.92. The highest BCUT2D eigenvalue weighted by molar-refractivity contribution is 5.44. The molecule has 2 fully saturated rings. The molecule has 1 aromatic heterocycles. The van der Waals surface area contributed by atoms with Crippen molar-refractivity contribution in [3.05, 3.63) is 24.5 Å². The molecule has 0 spiro atoms. The van der Waals surface area contributed by atoms with Crippen LogP contribution in [0.1, 0.15) is 32.1 Å². The summed E-state index contributed by atoms with van der Waals surface area (Å²) in [5.41, 5.74) is 1.40. The third-order valence-electron chi connectivity index (χ3n) is 4.04. The normalized spacial score (nSPS) is 19.9. The van der Waals surface area contributed by atoms with E-state index in [4.69, 9.17) is 0 Å². The number of rotatable bonds is 3. The molecule has 1 aromatic rings. The van der Waals surface area contributed by atoms with E-state index in [0.717, 1.165) is 5.92 Å². The molecule has 2 aliphatic rings. The lowest BCUT2D eigenvalue weighted by Gasteiger charge is -2.22. The zero-order valence-corrected chi connectivity index (χ0v) is 11.1. The summed E-state index contributed by atoms with van der Waals surface area (Å²) in [4.78, 5) is 2.49. The minimum Gasteiger partial charge on any atom is -1.00 e. The van der Waals surface area contributed by atoms with Crippen molar-refractivity contribution in [2.45, 2.75) is 38.6 Å². The van der Waals surface area contributed by atoms with Crippen molar-refractivity contribution >= 4 is 5.69 Å². The Hall–Kier alpha value is -0.760. The van der Waals surface area contributed by atoms with E-state index in [2.05, 4.69) is 34.0 Å². The molecule has 0 unspecified atom stereocenters. The Kier molecular flexibility index (Phi) is 4.27. The monoisotopic (exact) mass is 252 g/mol. The quantitative estimate of drug-likeness (QED) is 0.651. The van der Waals surface area contributed by atoms with Gasteiger partial charge in [0.25, 0.3) is 0 Å². The largest absolute Gasteiger partial charge is 1.00 e. The summed E-state index contributed by atoms with van der Waals surface area (Å²) in [6.45, 7) is 3.71. The van der Waals surface area contributed by atoms with Gasteiger partial charge in [-0.25, -0.2) is 4.57 Å². The molecular formula is C14H21ClN2. The molecule has 1 saturated heterocycles. The highest BCUT2D eigenvalue weighted by Gasteiger charge is 2.21. The lowest BCUT2D eigenvalue weighted by atomic mass is 9.85. The molecule has 0 bridgehead atoms. The van der Waals surface area contributed by atoms with Crippen molar-refractivity contribution in [1.29, 1.82) is 0 Å². The summed E-state index contributed by atoms with van der Waals surface area (Å²) >= 11 is 0. The van der Waals surface area contributed by atoms with Crippen LogP contribution >= 0.6 is 0 Å². The molecule has 94 valence electrons. The van der Waals surface area contributed by atoms with Crippen LogP contribution in [-0.2, 0) is 6.54 Å². The summed E-state index contributed by atoms with van der Waals surface area (Å²) < 4.78 is 2.35. The fourth-order valence-corrected chi connectivity index (χ4v) is 2.73. The fraction of sp³-hybridized carbons (Fsp3) is 0.643. The van der Waals surface area contributed by atoms with Crippen molar-refractivity contribution in [2.75, 3.05) is 18.0 Å². The predicted molar refractivity (Wildman–Crippen MR) is 65.4 cm³/mol. The molecule has 17 heavy (non-hydrogen) atoms. The van der Waals surface area contributed by atoms with Crippen LogP contribution in [0.25, 0.3) is 0 Å². The number of nitrogens with zero attached hydrogens (tertiary/aromatic N) is 2. The summed E-state index contributed by atoms with van der Waals surface area (Å²) in [7, 11) is 0. The molecule has 2 heterocycles. The van der Waals surface area contributed by atoms with Crippen LogP contribution in [0.5, 0.6) is 0 Å². The maximum absolute atomic E-state index is 2.49. The topological polar surface area (TPSA) is 7.12 Å². The van der Waals surface area contributed by atoms with Crippen LogP contribution in [0.4, 0.5) is 5.69 Å². The van der Waals surface area contributed by atoms with Gasteiger partial charge < -0.3 is 17.3 Å². The van der Waals surface area contributed by atoms with E-state index in [9.17, 15) is 0 Å². The Labute approximate surface area is 110 Å². The number of aromatic nitrogens is 1. The zero-order valence-electron chi connectivity index (χ0n) is 10.3. The van der Waals surface area contributed by atoms with Crippen LogP contribution in [0.2, 0.25) is 0 Å². The maximum Gasteiger partial charge on any atom is 0.170 e.